The van der Waals surface area contributed by atoms with E-state index >= 15 is 0 Å². The molecule has 0 radical (unpaired) electrons. The van der Waals surface area contributed by atoms with Crippen molar-refractivity contribution in [3.8, 4) is 0 Å². The summed E-state index contributed by atoms with van der Waals surface area (Å²) in [5.74, 6) is 0. The van der Waals surface area contributed by atoms with Crippen molar-refractivity contribution in [2.24, 2.45) is 3.77 Å². The van der Waals surface area contributed by atoms with E-state index < -0.39 is 68.4 Å². The van der Waals surface area contributed by atoms with Crippen LogP contribution in [0.4, 0.5) is 35.1 Å². The quantitative estimate of drug-likeness (QED) is 0.462. The first-order valence-electron chi connectivity index (χ1n) is 6.60. The van der Waals surface area contributed by atoms with Crippen LogP contribution in [0.25, 0.3) is 0 Å². The Morgan fingerprint density at radius 3 is 1.88 bits per heavy atom. The maximum absolute atomic E-state index is 12.6. The molecule has 0 N–H and O–H groups in total. The van der Waals surface area contributed by atoms with Gasteiger partial charge in [-0.2, -0.15) is 35.1 Å². The fourth-order valence-corrected chi connectivity index (χ4v) is 5.28. The third kappa shape index (κ3) is 5.94. The highest BCUT2D eigenvalue weighted by Crippen LogP contribution is 2.34. The lowest BCUT2D eigenvalue weighted by molar-refractivity contribution is -0.0854. The largest absolute Gasteiger partial charge is 0.505 e. The second-order valence-electron chi connectivity index (χ2n) is 4.92. The topological polar surface area (TPSA) is 82.0 Å². The highest BCUT2D eigenvalue weighted by molar-refractivity contribution is 8.01. The lowest BCUT2D eigenvalue weighted by atomic mass is 9.97. The van der Waals surface area contributed by atoms with E-state index in [1.807, 2.05) is 3.77 Å². The van der Waals surface area contributed by atoms with Gasteiger partial charge >= 0.3 is 24.2 Å². The first kappa shape index (κ1) is 22.9. The molecule has 0 aliphatic heterocycles. The van der Waals surface area contributed by atoms with Gasteiger partial charge in [0.05, 0.1) is 5.25 Å². The van der Waals surface area contributed by atoms with Crippen LogP contribution >= 0.6 is 0 Å². The number of hydrogen-bond acceptors (Lipinski definition) is 5. The van der Waals surface area contributed by atoms with Crippen LogP contribution in [0.1, 0.15) is 25.7 Å². The predicted octanol–water partition coefficient (Wildman–Crippen LogP) is 3.82. The molecule has 26 heavy (non-hydrogen) atoms. The van der Waals surface area contributed by atoms with Crippen molar-refractivity contribution in [2.75, 3.05) is 0 Å². The van der Waals surface area contributed by atoms with E-state index in [0.717, 1.165) is 0 Å². The molecule has 1 aliphatic carbocycles. The average molecular weight is 441 g/mol. The minimum Gasteiger partial charge on any atom is -0.464 e. The summed E-state index contributed by atoms with van der Waals surface area (Å²) in [4.78, 5) is 0. The number of nitrogens with zero attached hydrogens (tertiary/aromatic N) is 1. The molecule has 0 aromatic carbocycles. The molecule has 1 rings (SSSR count). The second kappa shape index (κ2) is 8.24. The molecule has 0 aromatic rings. The number of alkyl halides is 5. The fraction of sp³-hybridized carbons (Fsp3) is 0.800. The second-order valence-corrected chi connectivity index (χ2v) is 8.82. The van der Waals surface area contributed by atoms with Gasteiger partial charge in [-0.1, -0.05) is 3.77 Å². The number of rotatable bonds is 6. The summed E-state index contributed by atoms with van der Waals surface area (Å²) in [6.45, 7) is -4.21. The number of sulfonamides is 1. The molecule has 154 valence electrons. The van der Waals surface area contributed by atoms with Crippen LogP contribution in [0.3, 0.4) is 0 Å². The molecule has 0 spiro atoms. The van der Waals surface area contributed by atoms with Crippen LogP contribution in [-0.2, 0) is 29.0 Å². The molecule has 0 heterocycles. The summed E-state index contributed by atoms with van der Waals surface area (Å²) < 4.78 is 143. The Morgan fingerprint density at radius 1 is 1.00 bits per heavy atom. The number of hydrogen-bond donors (Lipinski definition) is 0. The third-order valence-corrected chi connectivity index (χ3v) is 7.08. The molecule has 1 aliphatic rings. The van der Waals surface area contributed by atoms with Gasteiger partial charge in [-0.05, 0) is 25.7 Å². The first-order valence-corrected chi connectivity index (χ1v) is 9.54. The van der Waals surface area contributed by atoms with Crippen LogP contribution < -0.4 is 0 Å². The van der Waals surface area contributed by atoms with Crippen LogP contribution in [-0.4, -0.2) is 36.1 Å². The minimum absolute atomic E-state index is 0.358. The van der Waals surface area contributed by atoms with Gasteiger partial charge in [-0.3, -0.25) is 0 Å². The van der Waals surface area contributed by atoms with E-state index in [1.165, 1.54) is 0 Å². The van der Waals surface area contributed by atoms with Gasteiger partial charge < -0.3 is 4.74 Å². The van der Waals surface area contributed by atoms with Crippen molar-refractivity contribution in [3.05, 3.63) is 12.1 Å². The van der Waals surface area contributed by atoms with Crippen molar-refractivity contribution in [3.63, 3.8) is 0 Å². The van der Waals surface area contributed by atoms with Crippen LogP contribution in [0.5, 0.6) is 0 Å². The predicted molar refractivity (Wildman–Crippen MR) is 70.1 cm³/mol. The van der Waals surface area contributed by atoms with Gasteiger partial charge in [-0.25, -0.2) is 16.8 Å². The zero-order valence-corrected chi connectivity index (χ0v) is 14.0. The van der Waals surface area contributed by atoms with Crippen LogP contribution in [0.2, 0.25) is 0 Å². The van der Waals surface area contributed by atoms with Crippen LogP contribution in [0.15, 0.2) is 15.9 Å². The SMILES string of the molecule is O=S(=O)(N=S(=O)(OC(F)F)C(F)(F)F)C1CCC(OC(F)=C(F)F)CC1. The lowest BCUT2D eigenvalue weighted by Gasteiger charge is -2.26. The maximum atomic E-state index is 12.6. The highest BCUT2D eigenvalue weighted by atomic mass is 32.3. The number of halogens is 8. The van der Waals surface area contributed by atoms with Crippen molar-refractivity contribution in [1.29, 1.82) is 0 Å². The van der Waals surface area contributed by atoms with E-state index in [-0.39, 0.29) is 12.8 Å². The molecule has 0 bridgehead atoms. The summed E-state index contributed by atoms with van der Waals surface area (Å²) in [5, 5.41) is -1.69. The van der Waals surface area contributed by atoms with Gasteiger partial charge in [0.1, 0.15) is 6.10 Å². The maximum Gasteiger partial charge on any atom is 0.505 e. The average Bonchev–Trinajstić information content (AvgIpc) is 2.44. The van der Waals surface area contributed by atoms with Gasteiger partial charge in [0.2, 0.25) is 0 Å². The Labute approximate surface area is 142 Å². The van der Waals surface area contributed by atoms with Crippen LogP contribution in [0, 0.1) is 0 Å². The molecule has 1 unspecified atom stereocenters. The summed E-state index contributed by atoms with van der Waals surface area (Å²) in [5.41, 5.74) is -6.01. The van der Waals surface area contributed by atoms with Crippen molar-refractivity contribution < 1.29 is 56.7 Å². The van der Waals surface area contributed by atoms with E-state index in [9.17, 15) is 47.8 Å². The Balaban J connectivity index is 2.99. The third-order valence-electron chi connectivity index (χ3n) is 3.16. The Morgan fingerprint density at radius 2 is 1.50 bits per heavy atom. The standard InChI is InChI=1S/C10H11F8NO5S2/c11-7(12)8(13)23-5-1-3-6(4-2-5)25(20,21)19-26(22,10(16,17)18)24-9(14)15/h5-6,9H,1-4H2. The van der Waals surface area contributed by atoms with E-state index in [4.69, 9.17) is 0 Å². The summed E-state index contributed by atoms with van der Waals surface area (Å²) in [6, 6.07) is -2.17. The Hall–Kier alpha value is -1.16. The molecule has 1 fully saturated rings. The Kier molecular flexibility index (Phi) is 7.25. The lowest BCUT2D eigenvalue weighted by Crippen LogP contribution is -2.33. The summed E-state index contributed by atoms with van der Waals surface area (Å²) in [7, 11) is -11.4. The zero-order chi connectivity index (χ0) is 20.3. The van der Waals surface area contributed by atoms with Crippen molar-refractivity contribution >= 4 is 20.0 Å². The van der Waals surface area contributed by atoms with Crippen molar-refractivity contribution in [1.82, 2.24) is 0 Å². The normalized spacial score (nSPS) is 24.0. The fourth-order valence-electron chi connectivity index (χ4n) is 2.05. The molecule has 0 saturated heterocycles. The van der Waals surface area contributed by atoms with Gasteiger partial charge in [0.15, 0.2) is 0 Å². The minimum atomic E-state index is -6.27. The first-order chi connectivity index (χ1) is 11.7. The monoisotopic (exact) mass is 441 g/mol. The van der Waals surface area contributed by atoms with E-state index in [1.54, 1.807) is 0 Å². The van der Waals surface area contributed by atoms with Gasteiger partial charge in [-0.15, -0.1) is 0 Å². The molecule has 0 aromatic heterocycles. The summed E-state index contributed by atoms with van der Waals surface area (Å²) in [6.07, 6.45) is -5.66. The molecule has 16 heteroatoms. The van der Waals surface area contributed by atoms with E-state index in [2.05, 4.69) is 8.92 Å². The molecule has 0 amide bonds. The van der Waals surface area contributed by atoms with Crippen molar-refractivity contribution in [2.45, 2.75) is 49.2 Å². The molecule has 1 atom stereocenters. The highest BCUT2D eigenvalue weighted by Gasteiger charge is 2.49. The Bertz CT molecular complexity index is 744. The molecule has 6 nitrogen and oxygen atoms in total. The zero-order valence-electron chi connectivity index (χ0n) is 12.4. The molecule has 1 saturated carbocycles. The van der Waals surface area contributed by atoms with Gasteiger partial charge in [0, 0.05) is 0 Å². The molecular weight excluding hydrogens is 430 g/mol. The van der Waals surface area contributed by atoms with Gasteiger partial charge in [0.25, 0.3) is 20.0 Å². The number of ether oxygens (including phenoxy) is 1. The molecular formula is C10H11F8NO5S2. The smallest absolute Gasteiger partial charge is 0.464 e. The van der Waals surface area contributed by atoms with E-state index in [0.29, 0.717) is 0 Å². The summed E-state index contributed by atoms with van der Waals surface area (Å²) >= 11 is 0.